The van der Waals surface area contributed by atoms with E-state index in [1.54, 1.807) is 12.1 Å². The van der Waals surface area contributed by atoms with Crippen LogP contribution in [0, 0.1) is 0 Å². The van der Waals surface area contributed by atoms with E-state index in [0.29, 0.717) is 27.2 Å². The van der Waals surface area contributed by atoms with Gasteiger partial charge in [0, 0.05) is 15.6 Å². The van der Waals surface area contributed by atoms with Crippen molar-refractivity contribution in [2.45, 2.75) is 11.5 Å². The van der Waals surface area contributed by atoms with Crippen LogP contribution in [0.1, 0.15) is 11.3 Å². The fourth-order valence-corrected chi connectivity index (χ4v) is 4.20. The maximum atomic E-state index is 12.4. The molecule has 0 saturated carbocycles. The van der Waals surface area contributed by atoms with E-state index in [9.17, 15) is 8.42 Å². The van der Waals surface area contributed by atoms with Gasteiger partial charge in [-0.3, -0.25) is 0 Å². The number of benzene rings is 2. The zero-order chi connectivity index (χ0) is 17.2. The standard InChI is InChI=1S/C17H13Cl2NO3S/c18-14-7-6-13(16(19)8-14)10-24(21,22)11-15-9-23-17(20-15)12-4-2-1-3-5-12/h1-9H,10-11H2. The van der Waals surface area contributed by atoms with Crippen LogP contribution in [0.5, 0.6) is 0 Å². The van der Waals surface area contributed by atoms with Crippen LogP contribution in [-0.2, 0) is 21.3 Å². The first-order valence-electron chi connectivity index (χ1n) is 7.07. The van der Waals surface area contributed by atoms with Gasteiger partial charge in [0.25, 0.3) is 0 Å². The van der Waals surface area contributed by atoms with E-state index < -0.39 is 9.84 Å². The first-order chi connectivity index (χ1) is 11.4. The molecule has 24 heavy (non-hydrogen) atoms. The molecule has 124 valence electrons. The van der Waals surface area contributed by atoms with Gasteiger partial charge in [0.2, 0.25) is 5.89 Å². The Kier molecular flexibility index (Phi) is 4.94. The van der Waals surface area contributed by atoms with Crippen molar-refractivity contribution >= 4 is 33.0 Å². The van der Waals surface area contributed by atoms with Crippen LogP contribution in [0.25, 0.3) is 11.5 Å². The van der Waals surface area contributed by atoms with Crippen LogP contribution in [0.15, 0.2) is 59.2 Å². The number of halogens is 2. The predicted molar refractivity (Wildman–Crippen MR) is 94.7 cm³/mol. The molecule has 7 heteroatoms. The minimum atomic E-state index is -3.44. The monoisotopic (exact) mass is 381 g/mol. The van der Waals surface area contributed by atoms with Crippen molar-refractivity contribution in [1.29, 1.82) is 0 Å². The minimum Gasteiger partial charge on any atom is -0.444 e. The van der Waals surface area contributed by atoms with Gasteiger partial charge in [0.1, 0.15) is 6.26 Å². The Labute approximate surface area is 150 Å². The van der Waals surface area contributed by atoms with Crippen LogP contribution in [-0.4, -0.2) is 13.4 Å². The maximum absolute atomic E-state index is 12.4. The van der Waals surface area contributed by atoms with E-state index in [0.717, 1.165) is 5.56 Å². The largest absolute Gasteiger partial charge is 0.444 e. The molecule has 0 spiro atoms. The van der Waals surface area contributed by atoms with Gasteiger partial charge < -0.3 is 4.42 Å². The van der Waals surface area contributed by atoms with Crippen LogP contribution in [0.3, 0.4) is 0 Å². The molecular formula is C17H13Cl2NO3S. The van der Waals surface area contributed by atoms with E-state index in [1.807, 2.05) is 30.3 Å². The van der Waals surface area contributed by atoms with Gasteiger partial charge in [-0.1, -0.05) is 47.5 Å². The summed E-state index contributed by atoms with van der Waals surface area (Å²) in [7, 11) is -3.44. The van der Waals surface area contributed by atoms with Crippen molar-refractivity contribution in [1.82, 2.24) is 4.98 Å². The van der Waals surface area contributed by atoms with Gasteiger partial charge in [-0.2, -0.15) is 0 Å². The second-order valence-corrected chi connectivity index (χ2v) is 8.19. The van der Waals surface area contributed by atoms with Crippen molar-refractivity contribution in [2.24, 2.45) is 0 Å². The predicted octanol–water partition coefficient (Wildman–Crippen LogP) is 4.76. The molecule has 0 aliphatic heterocycles. The Balaban J connectivity index is 1.76. The van der Waals surface area contributed by atoms with E-state index in [-0.39, 0.29) is 11.5 Å². The number of nitrogens with zero attached hydrogens (tertiary/aromatic N) is 1. The minimum absolute atomic E-state index is 0.184. The number of aromatic nitrogens is 1. The summed E-state index contributed by atoms with van der Waals surface area (Å²) in [5.74, 6) is -0.0101. The highest BCUT2D eigenvalue weighted by atomic mass is 35.5. The molecule has 0 N–H and O–H groups in total. The molecule has 0 radical (unpaired) electrons. The summed E-state index contributed by atoms with van der Waals surface area (Å²) in [4.78, 5) is 4.24. The normalized spacial score (nSPS) is 11.6. The van der Waals surface area contributed by atoms with Gasteiger partial charge in [-0.25, -0.2) is 13.4 Å². The van der Waals surface area contributed by atoms with Crippen LogP contribution in [0.4, 0.5) is 0 Å². The Bertz CT molecular complexity index is 953. The summed E-state index contributed by atoms with van der Waals surface area (Å²) < 4.78 is 30.1. The maximum Gasteiger partial charge on any atom is 0.226 e. The molecule has 0 aliphatic rings. The third-order valence-corrected chi connectivity index (χ3v) is 5.40. The lowest BCUT2D eigenvalue weighted by molar-refractivity contribution is 0.571. The first-order valence-corrected chi connectivity index (χ1v) is 9.65. The number of oxazole rings is 1. The van der Waals surface area contributed by atoms with Crippen molar-refractivity contribution in [2.75, 3.05) is 0 Å². The topological polar surface area (TPSA) is 60.2 Å². The molecule has 1 aromatic heterocycles. The second kappa shape index (κ2) is 6.97. The van der Waals surface area contributed by atoms with Gasteiger partial charge in [-0.05, 0) is 29.8 Å². The fourth-order valence-electron chi connectivity index (χ4n) is 2.24. The number of hydrogen-bond donors (Lipinski definition) is 0. The molecule has 3 aromatic rings. The highest BCUT2D eigenvalue weighted by molar-refractivity contribution is 7.89. The molecule has 0 unspecified atom stereocenters. The number of rotatable bonds is 5. The molecule has 4 nitrogen and oxygen atoms in total. The summed E-state index contributed by atoms with van der Waals surface area (Å²) in [5.41, 5.74) is 1.66. The van der Waals surface area contributed by atoms with Crippen molar-refractivity contribution in [3.8, 4) is 11.5 Å². The highest BCUT2D eigenvalue weighted by Crippen LogP contribution is 2.24. The molecule has 2 aromatic carbocycles. The summed E-state index contributed by atoms with van der Waals surface area (Å²) in [6.07, 6.45) is 1.36. The van der Waals surface area contributed by atoms with Crippen molar-refractivity contribution in [3.05, 3.63) is 76.1 Å². The van der Waals surface area contributed by atoms with Gasteiger partial charge in [0.15, 0.2) is 9.84 Å². The van der Waals surface area contributed by atoms with E-state index >= 15 is 0 Å². The quantitative estimate of drug-likeness (QED) is 0.638. The molecular weight excluding hydrogens is 369 g/mol. The summed E-state index contributed by atoms with van der Waals surface area (Å²) >= 11 is 11.9. The highest BCUT2D eigenvalue weighted by Gasteiger charge is 2.18. The molecule has 0 aliphatic carbocycles. The SMILES string of the molecule is O=S(=O)(Cc1coc(-c2ccccc2)n1)Cc1ccc(Cl)cc1Cl. The van der Waals surface area contributed by atoms with Gasteiger partial charge >= 0.3 is 0 Å². The van der Waals surface area contributed by atoms with Gasteiger partial charge in [-0.15, -0.1) is 0 Å². The zero-order valence-electron chi connectivity index (χ0n) is 12.4. The second-order valence-electron chi connectivity index (χ2n) is 5.28. The smallest absolute Gasteiger partial charge is 0.226 e. The summed E-state index contributed by atoms with van der Waals surface area (Å²) in [6.45, 7) is 0. The Morgan fingerprint density at radius 3 is 2.46 bits per heavy atom. The van der Waals surface area contributed by atoms with Crippen LogP contribution >= 0.6 is 23.2 Å². The molecule has 1 heterocycles. The fraction of sp³-hybridized carbons (Fsp3) is 0.118. The number of sulfone groups is 1. The third-order valence-electron chi connectivity index (χ3n) is 3.33. The lowest BCUT2D eigenvalue weighted by Gasteiger charge is -2.05. The van der Waals surface area contributed by atoms with Crippen LogP contribution < -0.4 is 0 Å². The molecule has 0 amide bonds. The Morgan fingerprint density at radius 1 is 1.00 bits per heavy atom. The van der Waals surface area contributed by atoms with Crippen molar-refractivity contribution < 1.29 is 12.8 Å². The first kappa shape index (κ1) is 17.0. The van der Waals surface area contributed by atoms with E-state index in [1.165, 1.54) is 12.3 Å². The third kappa shape index (κ3) is 4.17. The zero-order valence-corrected chi connectivity index (χ0v) is 14.8. The van der Waals surface area contributed by atoms with E-state index in [4.69, 9.17) is 27.6 Å². The number of hydrogen-bond acceptors (Lipinski definition) is 4. The summed E-state index contributed by atoms with van der Waals surface area (Å²) in [5, 5.41) is 0.793. The molecule has 0 fully saturated rings. The Morgan fingerprint density at radius 2 is 1.75 bits per heavy atom. The van der Waals surface area contributed by atoms with Crippen LogP contribution in [0.2, 0.25) is 10.0 Å². The van der Waals surface area contributed by atoms with Gasteiger partial charge in [0.05, 0.1) is 17.2 Å². The average Bonchev–Trinajstić information content (AvgIpc) is 2.99. The molecule has 0 bridgehead atoms. The lowest BCUT2D eigenvalue weighted by atomic mass is 10.2. The molecule has 0 saturated heterocycles. The molecule has 0 atom stereocenters. The molecule has 3 rings (SSSR count). The summed E-state index contributed by atoms with van der Waals surface area (Å²) in [6, 6.07) is 14.0. The van der Waals surface area contributed by atoms with E-state index in [2.05, 4.69) is 4.98 Å². The van der Waals surface area contributed by atoms with Crippen molar-refractivity contribution in [3.63, 3.8) is 0 Å². The average molecular weight is 382 g/mol. The lowest BCUT2D eigenvalue weighted by Crippen LogP contribution is -2.08. The Hall–Kier alpha value is -1.82.